The van der Waals surface area contributed by atoms with Crippen LogP contribution in [0.15, 0.2) is 48.5 Å². The number of rotatable bonds is 6. The first kappa shape index (κ1) is 23.3. The molecule has 0 unspecified atom stereocenters. The number of halogens is 1. The number of benzene rings is 2. The van der Waals surface area contributed by atoms with Crippen LogP contribution in [0.1, 0.15) is 17.4 Å². The number of carbonyl (C=O) groups is 2. The van der Waals surface area contributed by atoms with E-state index in [1.165, 1.54) is 23.5 Å². The molecule has 2 amide bonds. The van der Waals surface area contributed by atoms with Gasteiger partial charge in [0, 0.05) is 17.0 Å². The maximum absolute atomic E-state index is 13.9. The summed E-state index contributed by atoms with van der Waals surface area (Å²) < 4.78 is 25.5. The Morgan fingerprint density at radius 2 is 1.94 bits per heavy atom. The van der Waals surface area contributed by atoms with Crippen LogP contribution in [0.3, 0.4) is 0 Å². The number of thiophene rings is 1. The maximum atomic E-state index is 13.9. The van der Waals surface area contributed by atoms with Gasteiger partial charge in [0.15, 0.2) is 18.2 Å². The number of nitrogens with zero attached hydrogens (tertiary/aromatic N) is 2. The monoisotopic (exact) mass is 511 g/mol. The van der Waals surface area contributed by atoms with Gasteiger partial charge in [-0.3, -0.25) is 4.79 Å². The van der Waals surface area contributed by atoms with Crippen molar-refractivity contribution in [3.63, 3.8) is 0 Å². The molecule has 1 N–H and O–H groups in total. The minimum atomic E-state index is -0.527. The van der Waals surface area contributed by atoms with Crippen LogP contribution in [-0.4, -0.2) is 41.6 Å². The Labute approximate surface area is 209 Å². The lowest BCUT2D eigenvalue weighted by atomic mass is 10.0. The average Bonchev–Trinajstić information content (AvgIpc) is 3.43. The van der Waals surface area contributed by atoms with Crippen molar-refractivity contribution in [1.82, 2.24) is 9.88 Å². The summed E-state index contributed by atoms with van der Waals surface area (Å²) >= 11 is 2.97. The normalized spacial score (nSPS) is 12.9. The predicted molar refractivity (Wildman–Crippen MR) is 135 cm³/mol. The van der Waals surface area contributed by atoms with Crippen molar-refractivity contribution in [2.24, 2.45) is 0 Å². The Balaban J connectivity index is 1.44. The van der Waals surface area contributed by atoms with Crippen LogP contribution in [0.2, 0.25) is 0 Å². The van der Waals surface area contributed by atoms with Gasteiger partial charge in [-0.2, -0.15) is 0 Å². The Kier molecular flexibility index (Phi) is 6.65. The first-order valence-corrected chi connectivity index (χ1v) is 12.8. The summed E-state index contributed by atoms with van der Waals surface area (Å²) in [6, 6.07) is 13.8. The number of carbonyl (C=O) groups excluding carboxylic acids is 2. The molecular weight excluding hydrogens is 489 g/mol. The van der Waals surface area contributed by atoms with Crippen LogP contribution in [0, 0.1) is 5.82 Å². The van der Waals surface area contributed by atoms with Gasteiger partial charge in [-0.1, -0.05) is 24.3 Å². The van der Waals surface area contributed by atoms with Crippen LogP contribution in [-0.2, 0) is 22.5 Å². The summed E-state index contributed by atoms with van der Waals surface area (Å²) in [5, 5.41) is 4.38. The zero-order valence-electron chi connectivity index (χ0n) is 18.9. The lowest BCUT2D eigenvalue weighted by molar-refractivity contribution is -0.118. The molecule has 1 aliphatic rings. The smallest absolute Gasteiger partial charge is 0.410 e. The molecule has 0 saturated carbocycles. The Bertz CT molecular complexity index is 1370. The van der Waals surface area contributed by atoms with E-state index in [2.05, 4.69) is 5.32 Å². The standard InChI is InChI=1S/C25H22FN3O4S2/c1-2-32-25(31)29-12-11-15-20(13-29)35-24(22(15)23-27-17-8-4-6-10-19(17)34-23)28-21(30)14-33-18-9-5-3-7-16(18)26/h3-10H,2,11-14H2,1H3,(H,28,30). The summed E-state index contributed by atoms with van der Waals surface area (Å²) in [4.78, 5) is 32.5. The third-order valence-corrected chi connectivity index (χ3v) is 7.73. The number of hydrogen-bond donors (Lipinski definition) is 1. The number of para-hydroxylation sites is 2. The molecule has 0 radical (unpaired) electrons. The lowest BCUT2D eigenvalue weighted by Crippen LogP contribution is -2.35. The molecule has 0 saturated heterocycles. The van der Waals surface area contributed by atoms with E-state index >= 15 is 0 Å². The van der Waals surface area contributed by atoms with Gasteiger partial charge in [0.2, 0.25) is 0 Å². The van der Waals surface area contributed by atoms with E-state index < -0.39 is 11.7 Å². The summed E-state index contributed by atoms with van der Waals surface area (Å²) in [5.74, 6) is -0.915. The molecule has 0 aliphatic carbocycles. The van der Waals surface area contributed by atoms with Gasteiger partial charge >= 0.3 is 6.09 Å². The summed E-state index contributed by atoms with van der Waals surface area (Å²) in [6.45, 7) is 2.67. The number of aromatic nitrogens is 1. The fraction of sp³-hybridized carbons (Fsp3) is 0.240. The van der Waals surface area contributed by atoms with Gasteiger partial charge < -0.3 is 19.7 Å². The third-order valence-electron chi connectivity index (χ3n) is 5.54. The SMILES string of the molecule is CCOC(=O)N1CCc2c(sc(NC(=O)COc3ccccc3F)c2-c2nc3ccccc3s2)C1. The quantitative estimate of drug-likeness (QED) is 0.359. The highest BCUT2D eigenvalue weighted by molar-refractivity contribution is 7.22. The van der Waals surface area contributed by atoms with Gasteiger partial charge in [0.1, 0.15) is 10.0 Å². The molecule has 35 heavy (non-hydrogen) atoms. The second-order valence-corrected chi connectivity index (χ2v) is 9.97. The molecule has 7 nitrogen and oxygen atoms in total. The highest BCUT2D eigenvalue weighted by atomic mass is 32.1. The Morgan fingerprint density at radius 3 is 2.74 bits per heavy atom. The molecule has 2 aromatic carbocycles. The minimum Gasteiger partial charge on any atom is -0.481 e. The number of thiazole rings is 1. The lowest BCUT2D eigenvalue weighted by Gasteiger charge is -2.26. The first-order chi connectivity index (χ1) is 17.0. The zero-order chi connectivity index (χ0) is 24.4. The molecule has 0 spiro atoms. The van der Waals surface area contributed by atoms with Crippen molar-refractivity contribution in [1.29, 1.82) is 0 Å². The van der Waals surface area contributed by atoms with Gasteiger partial charge in [-0.15, -0.1) is 22.7 Å². The molecule has 3 heterocycles. The molecular formula is C25H22FN3O4S2. The van der Waals surface area contributed by atoms with E-state index in [1.54, 1.807) is 35.3 Å². The molecule has 0 fully saturated rings. The van der Waals surface area contributed by atoms with Crippen LogP contribution < -0.4 is 10.1 Å². The zero-order valence-corrected chi connectivity index (χ0v) is 20.5. The van der Waals surface area contributed by atoms with Gasteiger partial charge in [-0.05, 0) is 43.2 Å². The summed E-state index contributed by atoms with van der Waals surface area (Å²) in [7, 11) is 0. The molecule has 1 aliphatic heterocycles. The van der Waals surface area contributed by atoms with Crippen molar-refractivity contribution in [3.8, 4) is 16.3 Å². The molecule has 0 bridgehead atoms. The van der Waals surface area contributed by atoms with E-state index in [1.807, 2.05) is 24.3 Å². The van der Waals surface area contributed by atoms with Crippen LogP contribution in [0.5, 0.6) is 5.75 Å². The van der Waals surface area contributed by atoms with E-state index in [0.29, 0.717) is 31.1 Å². The van der Waals surface area contributed by atoms with Gasteiger partial charge in [-0.25, -0.2) is 14.2 Å². The topological polar surface area (TPSA) is 80.8 Å². The van der Waals surface area contributed by atoms with Crippen molar-refractivity contribution in [3.05, 3.63) is 64.8 Å². The van der Waals surface area contributed by atoms with Crippen LogP contribution >= 0.6 is 22.7 Å². The number of anilines is 1. The highest BCUT2D eigenvalue weighted by Crippen LogP contribution is 2.45. The van der Waals surface area contributed by atoms with Gasteiger partial charge in [0.25, 0.3) is 5.91 Å². The van der Waals surface area contributed by atoms with Gasteiger partial charge in [0.05, 0.1) is 23.4 Å². The number of hydrogen-bond acceptors (Lipinski definition) is 7. The fourth-order valence-corrected chi connectivity index (χ4v) is 6.33. The molecule has 4 aromatic rings. The minimum absolute atomic E-state index is 0.0181. The summed E-state index contributed by atoms with van der Waals surface area (Å²) in [5.41, 5.74) is 2.82. The number of fused-ring (bicyclic) bond motifs is 2. The average molecular weight is 512 g/mol. The summed E-state index contributed by atoms with van der Waals surface area (Å²) in [6.07, 6.45) is 0.272. The molecule has 10 heteroatoms. The largest absolute Gasteiger partial charge is 0.481 e. The van der Waals surface area contributed by atoms with Crippen molar-refractivity contribution in [2.45, 2.75) is 19.9 Å². The number of nitrogens with one attached hydrogen (secondary N) is 1. The van der Waals surface area contributed by atoms with E-state index in [0.717, 1.165) is 31.2 Å². The Morgan fingerprint density at radius 1 is 1.14 bits per heavy atom. The van der Waals surface area contributed by atoms with Crippen LogP contribution in [0.25, 0.3) is 20.8 Å². The maximum Gasteiger partial charge on any atom is 0.410 e. The van der Waals surface area contributed by atoms with Crippen molar-refractivity contribution in [2.75, 3.05) is 25.1 Å². The fourth-order valence-electron chi connectivity index (χ4n) is 3.94. The highest BCUT2D eigenvalue weighted by Gasteiger charge is 2.30. The molecule has 180 valence electrons. The second-order valence-electron chi connectivity index (χ2n) is 7.83. The number of amides is 2. The predicted octanol–water partition coefficient (Wildman–Crippen LogP) is 5.70. The first-order valence-electron chi connectivity index (χ1n) is 11.1. The molecule has 2 aromatic heterocycles. The van der Waals surface area contributed by atoms with E-state index in [-0.39, 0.29) is 18.4 Å². The van der Waals surface area contributed by atoms with E-state index in [4.69, 9.17) is 14.5 Å². The van der Waals surface area contributed by atoms with Crippen molar-refractivity contribution >= 4 is 49.9 Å². The van der Waals surface area contributed by atoms with Crippen molar-refractivity contribution < 1.29 is 23.5 Å². The Hall–Kier alpha value is -3.50. The second kappa shape index (κ2) is 10.0. The number of ether oxygens (including phenoxy) is 2. The van der Waals surface area contributed by atoms with E-state index in [9.17, 15) is 14.0 Å². The third kappa shape index (κ3) is 4.85. The van der Waals surface area contributed by atoms with Crippen LogP contribution in [0.4, 0.5) is 14.2 Å². The molecule has 0 atom stereocenters. The molecule has 5 rings (SSSR count).